The van der Waals surface area contributed by atoms with Gasteiger partial charge in [-0.25, -0.2) is 0 Å². The summed E-state index contributed by atoms with van der Waals surface area (Å²) in [6.45, 7) is 4.57. The molecule has 0 radical (unpaired) electrons. The molecule has 90 valence electrons. The van der Waals surface area contributed by atoms with Crippen LogP contribution in [-0.4, -0.2) is 18.3 Å². The van der Waals surface area contributed by atoms with E-state index in [-0.39, 0.29) is 5.91 Å². The van der Waals surface area contributed by atoms with Gasteiger partial charge in [-0.2, -0.15) is 0 Å². The molecule has 16 heavy (non-hydrogen) atoms. The second-order valence-corrected chi connectivity index (χ2v) is 4.25. The zero-order valence-corrected chi connectivity index (χ0v) is 10.5. The number of carbonyl (C=O) groups is 1. The van der Waals surface area contributed by atoms with Crippen LogP contribution in [0.3, 0.4) is 0 Å². The number of halogens is 1. The molecule has 1 unspecified atom stereocenters. The molecule has 0 aliphatic carbocycles. The van der Waals surface area contributed by atoms with E-state index in [1.807, 2.05) is 6.92 Å². The van der Waals surface area contributed by atoms with Crippen molar-refractivity contribution >= 4 is 17.5 Å². The first-order chi connectivity index (χ1) is 7.67. The van der Waals surface area contributed by atoms with E-state index in [0.29, 0.717) is 24.1 Å². The molecule has 4 heteroatoms. The van der Waals surface area contributed by atoms with Gasteiger partial charge < -0.3 is 9.73 Å². The number of hydrogen-bond acceptors (Lipinski definition) is 2. The fourth-order valence-corrected chi connectivity index (χ4v) is 1.79. The second-order valence-electron chi connectivity index (χ2n) is 3.87. The third kappa shape index (κ3) is 3.89. The predicted octanol–water partition coefficient (Wildman–Crippen LogP) is 2.97. The van der Waals surface area contributed by atoms with Crippen molar-refractivity contribution in [3.63, 3.8) is 0 Å². The van der Waals surface area contributed by atoms with E-state index in [1.165, 1.54) is 0 Å². The molecule has 3 nitrogen and oxygen atoms in total. The third-order valence-corrected chi connectivity index (χ3v) is 2.83. The molecule has 1 atom stereocenters. The van der Waals surface area contributed by atoms with Crippen LogP contribution in [-0.2, 0) is 0 Å². The number of rotatable bonds is 6. The largest absolute Gasteiger partial charge is 0.456 e. The first-order valence-electron chi connectivity index (χ1n) is 5.58. The zero-order chi connectivity index (χ0) is 12.0. The lowest BCUT2D eigenvalue weighted by atomic mass is 10.0. The summed E-state index contributed by atoms with van der Waals surface area (Å²) in [7, 11) is 0. The van der Waals surface area contributed by atoms with Crippen molar-refractivity contribution in [1.29, 1.82) is 0 Å². The average Bonchev–Trinajstić information content (AvgIpc) is 2.70. The molecule has 1 aromatic rings. The molecule has 0 saturated heterocycles. The van der Waals surface area contributed by atoms with E-state index in [9.17, 15) is 4.79 Å². The highest BCUT2D eigenvalue weighted by Crippen LogP contribution is 2.09. The van der Waals surface area contributed by atoms with E-state index in [0.717, 1.165) is 18.6 Å². The van der Waals surface area contributed by atoms with Crippen molar-refractivity contribution in [2.24, 2.45) is 5.92 Å². The summed E-state index contributed by atoms with van der Waals surface area (Å²) in [4.78, 5) is 11.6. The molecule has 1 amide bonds. The number of alkyl halides is 1. The molecule has 1 rings (SSSR count). The van der Waals surface area contributed by atoms with Gasteiger partial charge >= 0.3 is 0 Å². The standard InChI is InChI=1S/C12H18ClNO2/c1-3-10(6-7-13)8-14-12(15)11-5-4-9(2)16-11/h4-5,10H,3,6-8H2,1-2H3,(H,14,15). The van der Waals surface area contributed by atoms with Gasteiger partial charge in [-0.1, -0.05) is 13.3 Å². The van der Waals surface area contributed by atoms with Crippen LogP contribution in [0.25, 0.3) is 0 Å². The summed E-state index contributed by atoms with van der Waals surface area (Å²) in [5.41, 5.74) is 0. The second kappa shape index (κ2) is 6.59. The highest BCUT2D eigenvalue weighted by Gasteiger charge is 2.12. The summed E-state index contributed by atoms with van der Waals surface area (Å²) in [5.74, 6) is 2.05. The van der Waals surface area contributed by atoms with Crippen molar-refractivity contribution in [3.05, 3.63) is 23.7 Å². The molecule has 0 bridgehead atoms. The summed E-state index contributed by atoms with van der Waals surface area (Å²) in [6.07, 6.45) is 1.94. The van der Waals surface area contributed by atoms with Gasteiger partial charge in [0.1, 0.15) is 5.76 Å². The SMILES string of the molecule is CCC(CCCl)CNC(=O)c1ccc(C)o1. The highest BCUT2D eigenvalue weighted by atomic mass is 35.5. The Balaban J connectivity index is 2.40. The maximum Gasteiger partial charge on any atom is 0.287 e. The van der Waals surface area contributed by atoms with Gasteiger partial charge in [0.15, 0.2) is 5.76 Å². The minimum atomic E-state index is -0.152. The lowest BCUT2D eigenvalue weighted by Crippen LogP contribution is -2.29. The van der Waals surface area contributed by atoms with Gasteiger partial charge in [0.05, 0.1) is 0 Å². The van der Waals surface area contributed by atoms with E-state index in [1.54, 1.807) is 12.1 Å². The van der Waals surface area contributed by atoms with Crippen molar-refractivity contribution in [1.82, 2.24) is 5.32 Å². The monoisotopic (exact) mass is 243 g/mol. The first kappa shape index (κ1) is 13.1. The van der Waals surface area contributed by atoms with Gasteiger partial charge in [-0.05, 0) is 31.4 Å². The summed E-state index contributed by atoms with van der Waals surface area (Å²) in [6, 6.07) is 3.47. The van der Waals surface area contributed by atoms with Crippen molar-refractivity contribution in [2.45, 2.75) is 26.7 Å². The smallest absolute Gasteiger partial charge is 0.287 e. The molecule has 0 aliphatic heterocycles. The fraction of sp³-hybridized carbons (Fsp3) is 0.583. The molecule has 1 heterocycles. The Kier molecular flexibility index (Phi) is 5.39. The number of aryl methyl sites for hydroxylation is 1. The first-order valence-corrected chi connectivity index (χ1v) is 6.11. The predicted molar refractivity (Wildman–Crippen MR) is 64.9 cm³/mol. The quantitative estimate of drug-likeness (QED) is 0.781. The summed E-state index contributed by atoms with van der Waals surface area (Å²) < 4.78 is 5.23. The number of hydrogen-bond donors (Lipinski definition) is 1. The minimum absolute atomic E-state index is 0.152. The highest BCUT2D eigenvalue weighted by molar-refractivity contribution is 6.17. The molecule has 0 aliphatic rings. The van der Waals surface area contributed by atoms with Crippen LogP contribution in [0.1, 0.15) is 36.1 Å². The van der Waals surface area contributed by atoms with Crippen LogP contribution in [0.4, 0.5) is 0 Å². The van der Waals surface area contributed by atoms with Crippen LogP contribution < -0.4 is 5.32 Å². The van der Waals surface area contributed by atoms with Crippen LogP contribution in [0.5, 0.6) is 0 Å². The van der Waals surface area contributed by atoms with Crippen molar-refractivity contribution in [2.75, 3.05) is 12.4 Å². The number of amides is 1. The van der Waals surface area contributed by atoms with E-state index in [4.69, 9.17) is 16.0 Å². The Bertz CT molecular complexity index is 336. The molecular weight excluding hydrogens is 226 g/mol. The van der Waals surface area contributed by atoms with Crippen molar-refractivity contribution in [3.8, 4) is 0 Å². The van der Waals surface area contributed by atoms with Gasteiger partial charge in [0.2, 0.25) is 0 Å². The van der Waals surface area contributed by atoms with E-state index >= 15 is 0 Å². The van der Waals surface area contributed by atoms with Crippen LogP contribution in [0, 0.1) is 12.8 Å². The molecule has 0 saturated carbocycles. The Morgan fingerprint density at radius 2 is 2.31 bits per heavy atom. The number of furan rings is 1. The van der Waals surface area contributed by atoms with Crippen LogP contribution >= 0.6 is 11.6 Å². The van der Waals surface area contributed by atoms with Gasteiger partial charge in [0.25, 0.3) is 5.91 Å². The Morgan fingerprint density at radius 3 is 2.81 bits per heavy atom. The van der Waals surface area contributed by atoms with Gasteiger partial charge in [-0.15, -0.1) is 11.6 Å². The Hall–Kier alpha value is -0.960. The zero-order valence-electron chi connectivity index (χ0n) is 9.75. The van der Waals surface area contributed by atoms with Crippen LogP contribution in [0.15, 0.2) is 16.5 Å². The summed E-state index contributed by atoms with van der Waals surface area (Å²) >= 11 is 5.68. The lowest BCUT2D eigenvalue weighted by molar-refractivity contribution is 0.0917. The summed E-state index contributed by atoms with van der Waals surface area (Å²) in [5, 5.41) is 2.86. The Labute approximate surface area is 101 Å². The maximum absolute atomic E-state index is 11.6. The Morgan fingerprint density at radius 1 is 1.56 bits per heavy atom. The average molecular weight is 244 g/mol. The van der Waals surface area contributed by atoms with Crippen molar-refractivity contribution < 1.29 is 9.21 Å². The maximum atomic E-state index is 11.6. The molecule has 1 aromatic heterocycles. The van der Waals surface area contributed by atoms with Crippen LogP contribution in [0.2, 0.25) is 0 Å². The fourth-order valence-electron chi connectivity index (χ4n) is 1.49. The van der Waals surface area contributed by atoms with E-state index < -0.39 is 0 Å². The number of carbonyl (C=O) groups excluding carboxylic acids is 1. The number of nitrogens with one attached hydrogen (secondary N) is 1. The minimum Gasteiger partial charge on any atom is -0.456 e. The molecule has 1 N–H and O–H groups in total. The molecule has 0 fully saturated rings. The van der Waals surface area contributed by atoms with Gasteiger partial charge in [-0.3, -0.25) is 4.79 Å². The lowest BCUT2D eigenvalue weighted by Gasteiger charge is -2.13. The van der Waals surface area contributed by atoms with E-state index in [2.05, 4.69) is 12.2 Å². The molecule has 0 aromatic carbocycles. The molecular formula is C12H18ClNO2. The normalized spacial score (nSPS) is 12.4. The topological polar surface area (TPSA) is 42.2 Å². The van der Waals surface area contributed by atoms with Gasteiger partial charge in [0, 0.05) is 12.4 Å². The molecule has 0 spiro atoms. The third-order valence-electron chi connectivity index (χ3n) is 2.61.